The monoisotopic (exact) mass is 153 g/mol. The van der Waals surface area contributed by atoms with E-state index in [-0.39, 0.29) is 5.78 Å². The molecule has 0 spiro atoms. The van der Waals surface area contributed by atoms with Crippen LogP contribution in [0.15, 0.2) is 17.5 Å². The fraction of sp³-hybridized carbons (Fsp3) is 0.143. The number of thiophene rings is 1. The van der Waals surface area contributed by atoms with Crippen molar-refractivity contribution < 1.29 is 4.79 Å². The molecule has 0 atom stereocenters. The number of ketones is 1. The molecule has 1 aromatic heterocycles. The molecule has 0 aromatic carbocycles. The van der Waals surface area contributed by atoms with Gasteiger partial charge in [-0.3, -0.25) is 4.79 Å². The van der Waals surface area contributed by atoms with Crippen molar-refractivity contribution in [3.63, 3.8) is 0 Å². The van der Waals surface area contributed by atoms with E-state index in [0.29, 0.717) is 6.42 Å². The van der Waals surface area contributed by atoms with Crippen molar-refractivity contribution in [3.05, 3.63) is 22.4 Å². The molecular formula is C7H7NOS. The van der Waals surface area contributed by atoms with Gasteiger partial charge in [0.15, 0.2) is 5.78 Å². The summed E-state index contributed by atoms with van der Waals surface area (Å²) in [7, 11) is 0. The zero-order chi connectivity index (χ0) is 7.40. The minimum Gasteiger partial charge on any atom is -0.305 e. The van der Waals surface area contributed by atoms with Crippen LogP contribution < -0.4 is 0 Å². The fourth-order valence-corrected chi connectivity index (χ4v) is 1.35. The molecule has 0 aliphatic carbocycles. The van der Waals surface area contributed by atoms with Crippen LogP contribution >= 0.6 is 11.3 Å². The van der Waals surface area contributed by atoms with Crippen LogP contribution in [0.2, 0.25) is 0 Å². The van der Waals surface area contributed by atoms with Gasteiger partial charge in [0.1, 0.15) is 0 Å². The first-order valence-electron chi connectivity index (χ1n) is 2.88. The van der Waals surface area contributed by atoms with Gasteiger partial charge in [-0.15, -0.1) is 11.3 Å². The first-order chi connectivity index (χ1) is 4.83. The van der Waals surface area contributed by atoms with E-state index in [1.165, 1.54) is 0 Å². The molecule has 1 aromatic rings. The normalized spacial score (nSPS) is 9.20. The van der Waals surface area contributed by atoms with Crippen LogP contribution in [0, 0.1) is 5.41 Å². The third kappa shape index (κ3) is 1.77. The molecule has 3 heteroatoms. The maximum Gasteiger partial charge on any atom is 0.178 e. The van der Waals surface area contributed by atoms with Gasteiger partial charge in [0.25, 0.3) is 0 Å². The molecule has 0 amide bonds. The Hall–Kier alpha value is -0.960. The summed E-state index contributed by atoms with van der Waals surface area (Å²) in [4.78, 5) is 11.7. The molecule has 0 unspecified atom stereocenters. The zero-order valence-electron chi connectivity index (χ0n) is 5.33. The summed E-state index contributed by atoms with van der Waals surface area (Å²) >= 11 is 1.54. The largest absolute Gasteiger partial charge is 0.305 e. The molecule has 0 aliphatic heterocycles. The maximum atomic E-state index is 10.6. The number of rotatable bonds is 3. The SMILES string of the molecule is N=CC(=O)Cc1cccs1. The van der Waals surface area contributed by atoms with Crippen molar-refractivity contribution in [1.82, 2.24) is 0 Å². The van der Waals surface area contributed by atoms with Crippen LogP contribution in [0.1, 0.15) is 4.88 Å². The summed E-state index contributed by atoms with van der Waals surface area (Å²) < 4.78 is 0. The highest BCUT2D eigenvalue weighted by Crippen LogP contribution is 2.08. The van der Waals surface area contributed by atoms with E-state index in [1.807, 2.05) is 17.5 Å². The second kappa shape index (κ2) is 3.27. The summed E-state index contributed by atoms with van der Waals surface area (Å²) in [6.07, 6.45) is 1.24. The molecule has 0 aliphatic rings. The van der Waals surface area contributed by atoms with Crippen molar-refractivity contribution in [2.45, 2.75) is 6.42 Å². The lowest BCUT2D eigenvalue weighted by molar-refractivity contribution is -0.112. The Morgan fingerprint density at radius 1 is 1.80 bits per heavy atom. The van der Waals surface area contributed by atoms with Gasteiger partial charge >= 0.3 is 0 Å². The Bertz CT molecular complexity index is 228. The van der Waals surface area contributed by atoms with Gasteiger partial charge in [0.05, 0.1) is 6.21 Å². The molecule has 0 fully saturated rings. The number of hydrogen-bond donors (Lipinski definition) is 1. The minimum absolute atomic E-state index is 0.137. The highest BCUT2D eigenvalue weighted by molar-refractivity contribution is 7.10. The molecule has 0 radical (unpaired) electrons. The number of carbonyl (C=O) groups excluding carboxylic acids is 1. The third-order valence-electron chi connectivity index (χ3n) is 1.09. The first kappa shape index (κ1) is 7.15. The van der Waals surface area contributed by atoms with Gasteiger partial charge in [0.2, 0.25) is 0 Å². The van der Waals surface area contributed by atoms with Gasteiger partial charge in [0, 0.05) is 11.3 Å². The highest BCUT2D eigenvalue weighted by atomic mass is 32.1. The van der Waals surface area contributed by atoms with Crippen molar-refractivity contribution in [2.24, 2.45) is 0 Å². The quantitative estimate of drug-likeness (QED) is 0.657. The van der Waals surface area contributed by atoms with E-state index in [9.17, 15) is 4.79 Å². The van der Waals surface area contributed by atoms with Crippen LogP contribution in [0.5, 0.6) is 0 Å². The number of hydrogen-bond acceptors (Lipinski definition) is 3. The Morgan fingerprint density at radius 3 is 3.10 bits per heavy atom. The van der Waals surface area contributed by atoms with E-state index in [1.54, 1.807) is 11.3 Å². The molecule has 0 saturated carbocycles. The standard InChI is InChI=1S/C7H7NOS/c8-5-6(9)4-7-2-1-3-10-7/h1-3,5,8H,4H2. The van der Waals surface area contributed by atoms with Crippen LogP contribution in [0.25, 0.3) is 0 Å². The summed E-state index contributed by atoms with van der Waals surface area (Å²) in [5.41, 5.74) is 0. The van der Waals surface area contributed by atoms with Crippen LogP contribution in [-0.4, -0.2) is 12.0 Å². The van der Waals surface area contributed by atoms with E-state index in [2.05, 4.69) is 0 Å². The van der Waals surface area contributed by atoms with Gasteiger partial charge in [-0.1, -0.05) is 6.07 Å². The molecule has 0 bridgehead atoms. The van der Waals surface area contributed by atoms with Gasteiger partial charge < -0.3 is 5.41 Å². The summed E-state index contributed by atoms with van der Waals surface area (Å²) in [6.45, 7) is 0. The Kier molecular flexibility index (Phi) is 2.34. The van der Waals surface area contributed by atoms with Crippen LogP contribution in [0.4, 0.5) is 0 Å². The van der Waals surface area contributed by atoms with E-state index in [0.717, 1.165) is 11.1 Å². The number of carbonyl (C=O) groups is 1. The van der Waals surface area contributed by atoms with Gasteiger partial charge in [-0.05, 0) is 11.4 Å². The Labute approximate surface area is 63.0 Å². The predicted molar refractivity (Wildman–Crippen MR) is 41.8 cm³/mol. The Morgan fingerprint density at radius 2 is 2.60 bits per heavy atom. The van der Waals surface area contributed by atoms with E-state index < -0.39 is 0 Å². The highest BCUT2D eigenvalue weighted by Gasteiger charge is 1.98. The minimum atomic E-state index is -0.137. The van der Waals surface area contributed by atoms with Crippen molar-refractivity contribution in [1.29, 1.82) is 5.41 Å². The average molecular weight is 153 g/mol. The molecule has 0 saturated heterocycles. The average Bonchev–Trinajstić information content (AvgIpc) is 2.40. The molecular weight excluding hydrogens is 146 g/mol. The first-order valence-corrected chi connectivity index (χ1v) is 3.76. The van der Waals surface area contributed by atoms with Crippen LogP contribution in [-0.2, 0) is 11.2 Å². The number of Topliss-reactive ketones (excluding diaryl/α,β-unsaturated/α-hetero) is 1. The lowest BCUT2D eigenvalue weighted by Crippen LogP contribution is -2.00. The molecule has 52 valence electrons. The van der Waals surface area contributed by atoms with E-state index in [4.69, 9.17) is 5.41 Å². The topological polar surface area (TPSA) is 40.9 Å². The summed E-state index contributed by atoms with van der Waals surface area (Å²) in [6, 6.07) is 3.79. The lowest BCUT2D eigenvalue weighted by atomic mass is 10.2. The second-order valence-electron chi connectivity index (χ2n) is 1.87. The van der Waals surface area contributed by atoms with Crippen molar-refractivity contribution >= 4 is 23.3 Å². The third-order valence-corrected chi connectivity index (χ3v) is 1.97. The van der Waals surface area contributed by atoms with Gasteiger partial charge in [-0.25, -0.2) is 0 Å². The zero-order valence-corrected chi connectivity index (χ0v) is 6.15. The predicted octanol–water partition coefficient (Wildman–Crippen LogP) is 1.51. The Balaban J connectivity index is 2.56. The molecule has 10 heavy (non-hydrogen) atoms. The fourth-order valence-electron chi connectivity index (χ4n) is 0.636. The molecule has 2 nitrogen and oxygen atoms in total. The second-order valence-corrected chi connectivity index (χ2v) is 2.90. The molecule has 1 rings (SSSR count). The molecule has 1 N–H and O–H groups in total. The lowest BCUT2D eigenvalue weighted by Gasteiger charge is -1.86. The maximum absolute atomic E-state index is 10.6. The van der Waals surface area contributed by atoms with Gasteiger partial charge in [-0.2, -0.15) is 0 Å². The van der Waals surface area contributed by atoms with Crippen LogP contribution in [0.3, 0.4) is 0 Å². The smallest absolute Gasteiger partial charge is 0.178 e. The van der Waals surface area contributed by atoms with E-state index >= 15 is 0 Å². The van der Waals surface area contributed by atoms with Crippen molar-refractivity contribution in [3.8, 4) is 0 Å². The van der Waals surface area contributed by atoms with Crippen molar-refractivity contribution in [2.75, 3.05) is 0 Å². The number of nitrogens with one attached hydrogen (secondary N) is 1. The molecule has 1 heterocycles. The summed E-state index contributed by atoms with van der Waals surface area (Å²) in [5.74, 6) is -0.137. The summed E-state index contributed by atoms with van der Waals surface area (Å²) in [5, 5.41) is 8.56.